The lowest BCUT2D eigenvalue weighted by atomic mass is 9.94. The Kier molecular flexibility index (Phi) is 5.18. The SMILES string of the molecule is CC(N)C(c1cnn(C)c1)N(C)CC1CCN(C)CC1. The second-order valence-corrected chi connectivity index (χ2v) is 6.44. The van der Waals surface area contributed by atoms with Gasteiger partial charge in [-0.25, -0.2) is 0 Å². The summed E-state index contributed by atoms with van der Waals surface area (Å²) in [6.45, 7) is 5.64. The molecule has 1 fully saturated rings. The van der Waals surface area contributed by atoms with E-state index in [1.807, 2.05) is 17.9 Å². The zero-order valence-corrected chi connectivity index (χ0v) is 13.3. The zero-order chi connectivity index (χ0) is 14.7. The van der Waals surface area contributed by atoms with Crippen LogP contribution in [0.15, 0.2) is 12.4 Å². The van der Waals surface area contributed by atoms with Gasteiger partial charge in [0.2, 0.25) is 0 Å². The summed E-state index contributed by atoms with van der Waals surface area (Å²) >= 11 is 0. The molecule has 0 spiro atoms. The summed E-state index contributed by atoms with van der Waals surface area (Å²) in [5.74, 6) is 0.786. The maximum absolute atomic E-state index is 6.22. The van der Waals surface area contributed by atoms with Gasteiger partial charge in [0.1, 0.15) is 0 Å². The molecular weight excluding hydrogens is 250 g/mol. The highest BCUT2D eigenvalue weighted by Gasteiger charge is 2.26. The first-order valence-electron chi connectivity index (χ1n) is 7.60. The third-order valence-corrected chi connectivity index (χ3v) is 4.42. The first-order chi connectivity index (χ1) is 9.47. The lowest BCUT2D eigenvalue weighted by molar-refractivity contribution is 0.140. The zero-order valence-electron chi connectivity index (χ0n) is 13.3. The molecule has 0 saturated carbocycles. The normalized spacial score (nSPS) is 21.3. The van der Waals surface area contributed by atoms with Crippen molar-refractivity contribution in [2.45, 2.75) is 31.8 Å². The Morgan fingerprint density at radius 3 is 2.55 bits per heavy atom. The molecular formula is C15H29N5. The molecule has 0 amide bonds. The Bertz CT molecular complexity index is 406. The van der Waals surface area contributed by atoms with Crippen molar-refractivity contribution in [3.63, 3.8) is 0 Å². The summed E-state index contributed by atoms with van der Waals surface area (Å²) in [6, 6.07) is 0.360. The van der Waals surface area contributed by atoms with Gasteiger partial charge in [0.25, 0.3) is 0 Å². The van der Waals surface area contributed by atoms with E-state index in [9.17, 15) is 0 Å². The van der Waals surface area contributed by atoms with E-state index in [1.54, 1.807) is 0 Å². The number of hydrogen-bond donors (Lipinski definition) is 1. The summed E-state index contributed by atoms with van der Waals surface area (Å²) in [5.41, 5.74) is 7.44. The molecule has 20 heavy (non-hydrogen) atoms. The highest BCUT2D eigenvalue weighted by molar-refractivity contribution is 5.12. The van der Waals surface area contributed by atoms with E-state index >= 15 is 0 Å². The minimum absolute atomic E-state index is 0.107. The molecule has 2 atom stereocenters. The second kappa shape index (κ2) is 6.70. The van der Waals surface area contributed by atoms with Crippen LogP contribution in [0.3, 0.4) is 0 Å². The van der Waals surface area contributed by atoms with Crippen LogP contribution < -0.4 is 5.73 Å². The highest BCUT2D eigenvalue weighted by atomic mass is 15.2. The van der Waals surface area contributed by atoms with Crippen molar-refractivity contribution in [1.29, 1.82) is 0 Å². The van der Waals surface area contributed by atoms with E-state index in [-0.39, 0.29) is 12.1 Å². The molecule has 1 aromatic rings. The van der Waals surface area contributed by atoms with Crippen LogP contribution in [0.2, 0.25) is 0 Å². The number of nitrogens with two attached hydrogens (primary N) is 1. The van der Waals surface area contributed by atoms with E-state index in [1.165, 1.54) is 31.5 Å². The minimum Gasteiger partial charge on any atom is -0.326 e. The van der Waals surface area contributed by atoms with Crippen molar-refractivity contribution >= 4 is 0 Å². The fourth-order valence-electron chi connectivity index (χ4n) is 3.32. The topological polar surface area (TPSA) is 50.3 Å². The molecule has 2 rings (SSSR count). The van der Waals surface area contributed by atoms with Gasteiger partial charge in [-0.1, -0.05) is 0 Å². The predicted octanol–water partition coefficient (Wildman–Crippen LogP) is 1.08. The summed E-state index contributed by atoms with van der Waals surface area (Å²) in [7, 11) is 6.36. The van der Waals surface area contributed by atoms with Crippen molar-refractivity contribution in [1.82, 2.24) is 19.6 Å². The van der Waals surface area contributed by atoms with E-state index in [0.29, 0.717) is 0 Å². The largest absolute Gasteiger partial charge is 0.326 e. The maximum Gasteiger partial charge on any atom is 0.0538 e. The minimum atomic E-state index is 0.107. The van der Waals surface area contributed by atoms with Crippen LogP contribution in [0.5, 0.6) is 0 Å². The van der Waals surface area contributed by atoms with E-state index in [0.717, 1.165) is 12.5 Å². The van der Waals surface area contributed by atoms with Crippen LogP contribution in [-0.4, -0.2) is 59.4 Å². The fraction of sp³-hybridized carbons (Fsp3) is 0.800. The van der Waals surface area contributed by atoms with Crippen LogP contribution in [0.1, 0.15) is 31.4 Å². The Balaban J connectivity index is 1.98. The van der Waals surface area contributed by atoms with Crippen LogP contribution in [0.4, 0.5) is 0 Å². The van der Waals surface area contributed by atoms with Gasteiger partial charge in [0.15, 0.2) is 0 Å². The molecule has 5 nitrogen and oxygen atoms in total. The van der Waals surface area contributed by atoms with E-state index in [2.05, 4.69) is 42.1 Å². The Hall–Kier alpha value is -0.910. The van der Waals surface area contributed by atoms with Crippen LogP contribution in [0, 0.1) is 5.92 Å². The monoisotopic (exact) mass is 279 g/mol. The third kappa shape index (κ3) is 3.81. The number of aryl methyl sites for hydroxylation is 1. The van der Waals surface area contributed by atoms with Crippen molar-refractivity contribution in [2.24, 2.45) is 18.7 Å². The lowest BCUT2D eigenvalue weighted by Crippen LogP contribution is -2.41. The summed E-state index contributed by atoms with van der Waals surface area (Å²) in [6.07, 6.45) is 6.61. The van der Waals surface area contributed by atoms with Gasteiger partial charge < -0.3 is 10.6 Å². The van der Waals surface area contributed by atoms with Crippen molar-refractivity contribution in [3.05, 3.63) is 18.0 Å². The first kappa shape index (κ1) is 15.5. The van der Waals surface area contributed by atoms with Gasteiger partial charge >= 0.3 is 0 Å². The molecule has 1 aliphatic heterocycles. The van der Waals surface area contributed by atoms with Gasteiger partial charge in [0.05, 0.1) is 12.2 Å². The average molecular weight is 279 g/mol. The van der Waals surface area contributed by atoms with Crippen molar-refractivity contribution in [2.75, 3.05) is 33.7 Å². The van der Waals surface area contributed by atoms with E-state index < -0.39 is 0 Å². The number of nitrogens with zero attached hydrogens (tertiary/aromatic N) is 4. The lowest BCUT2D eigenvalue weighted by Gasteiger charge is -2.36. The maximum atomic E-state index is 6.22. The Morgan fingerprint density at radius 2 is 2.05 bits per heavy atom. The standard InChI is InChI=1S/C15H29N5/c1-12(16)15(14-9-17-20(4)11-14)19(3)10-13-5-7-18(2)8-6-13/h9,11-13,15H,5-8,10,16H2,1-4H3. The smallest absolute Gasteiger partial charge is 0.0538 e. The molecule has 2 unspecified atom stereocenters. The Labute approximate surface area is 122 Å². The molecule has 114 valence electrons. The number of hydrogen-bond acceptors (Lipinski definition) is 4. The number of piperidine rings is 1. The number of aromatic nitrogens is 2. The van der Waals surface area contributed by atoms with Gasteiger partial charge in [-0.3, -0.25) is 9.58 Å². The second-order valence-electron chi connectivity index (χ2n) is 6.44. The predicted molar refractivity (Wildman–Crippen MR) is 82.4 cm³/mol. The van der Waals surface area contributed by atoms with Gasteiger partial charge in [-0.05, 0) is 52.9 Å². The summed E-state index contributed by atoms with van der Waals surface area (Å²) in [5, 5.41) is 4.29. The van der Waals surface area contributed by atoms with Gasteiger partial charge in [-0.15, -0.1) is 0 Å². The van der Waals surface area contributed by atoms with Crippen molar-refractivity contribution < 1.29 is 0 Å². The van der Waals surface area contributed by atoms with E-state index in [4.69, 9.17) is 5.73 Å². The number of rotatable bonds is 5. The molecule has 1 saturated heterocycles. The fourth-order valence-corrected chi connectivity index (χ4v) is 3.32. The molecule has 1 aromatic heterocycles. The van der Waals surface area contributed by atoms with Crippen LogP contribution >= 0.6 is 0 Å². The highest BCUT2D eigenvalue weighted by Crippen LogP contribution is 2.25. The molecule has 1 aliphatic rings. The third-order valence-electron chi connectivity index (χ3n) is 4.42. The number of likely N-dealkylation sites (tertiary alicyclic amines) is 1. The number of likely N-dealkylation sites (N-methyl/N-ethyl adjacent to an activating group) is 1. The summed E-state index contributed by atoms with van der Waals surface area (Å²) < 4.78 is 1.86. The van der Waals surface area contributed by atoms with Crippen molar-refractivity contribution in [3.8, 4) is 0 Å². The molecule has 0 aliphatic carbocycles. The molecule has 0 bridgehead atoms. The average Bonchev–Trinajstić information content (AvgIpc) is 2.78. The molecule has 0 radical (unpaired) electrons. The molecule has 0 aromatic carbocycles. The molecule has 5 heteroatoms. The van der Waals surface area contributed by atoms with Crippen LogP contribution in [0.25, 0.3) is 0 Å². The quantitative estimate of drug-likeness (QED) is 0.876. The molecule has 2 N–H and O–H groups in total. The molecule has 2 heterocycles. The Morgan fingerprint density at radius 1 is 1.40 bits per heavy atom. The van der Waals surface area contributed by atoms with Gasteiger partial charge in [0, 0.05) is 31.4 Å². The first-order valence-corrected chi connectivity index (χ1v) is 7.60. The van der Waals surface area contributed by atoms with Crippen LogP contribution in [-0.2, 0) is 7.05 Å². The van der Waals surface area contributed by atoms with Gasteiger partial charge in [-0.2, -0.15) is 5.10 Å². The summed E-state index contributed by atoms with van der Waals surface area (Å²) in [4.78, 5) is 4.83.